The number of carbonyl (C=O) groups excluding carboxylic acids is 2. The van der Waals surface area contributed by atoms with Crippen LogP contribution in [-0.2, 0) is 9.53 Å². The monoisotopic (exact) mass is 286 g/mol. The van der Waals surface area contributed by atoms with E-state index in [2.05, 4.69) is 10.9 Å². The lowest BCUT2D eigenvalue weighted by molar-refractivity contribution is -0.130. The molecule has 19 heavy (non-hydrogen) atoms. The van der Waals surface area contributed by atoms with Gasteiger partial charge in [0.2, 0.25) is 0 Å². The Morgan fingerprint density at radius 2 is 2.16 bits per heavy atom. The molecule has 0 bridgehead atoms. The van der Waals surface area contributed by atoms with Gasteiger partial charge in [-0.2, -0.15) is 0 Å². The molecule has 1 heterocycles. The Labute approximate surface area is 114 Å². The van der Waals surface area contributed by atoms with Crippen LogP contribution in [0.25, 0.3) is 0 Å². The van der Waals surface area contributed by atoms with Gasteiger partial charge in [-0.25, -0.2) is 4.39 Å². The van der Waals surface area contributed by atoms with Gasteiger partial charge in [-0.1, -0.05) is 11.6 Å². The summed E-state index contributed by atoms with van der Waals surface area (Å²) in [5, 5.41) is 0.233. The van der Waals surface area contributed by atoms with Crippen molar-refractivity contribution >= 4 is 23.4 Å². The largest absolute Gasteiger partial charge is 0.368 e. The molecule has 0 saturated carbocycles. The third kappa shape index (κ3) is 3.42. The first kappa shape index (κ1) is 13.8. The summed E-state index contributed by atoms with van der Waals surface area (Å²) in [6, 6.07) is 3.60. The van der Waals surface area contributed by atoms with Crippen molar-refractivity contribution in [3.63, 3.8) is 0 Å². The van der Waals surface area contributed by atoms with Crippen molar-refractivity contribution in [2.24, 2.45) is 0 Å². The highest BCUT2D eigenvalue weighted by Gasteiger charge is 2.24. The normalized spacial score (nSPS) is 18.1. The first-order chi connectivity index (χ1) is 9.08. The van der Waals surface area contributed by atoms with E-state index >= 15 is 0 Å². The number of carbonyl (C=O) groups is 2. The Morgan fingerprint density at radius 1 is 1.37 bits per heavy atom. The lowest BCUT2D eigenvalue weighted by Crippen LogP contribution is -2.46. The summed E-state index contributed by atoms with van der Waals surface area (Å²) < 4.78 is 18.5. The summed E-state index contributed by atoms with van der Waals surface area (Å²) in [5.74, 6) is -1.94. The van der Waals surface area contributed by atoms with Gasteiger partial charge in [0.05, 0.1) is 5.56 Å². The van der Waals surface area contributed by atoms with E-state index in [-0.39, 0.29) is 10.6 Å². The predicted molar refractivity (Wildman–Crippen MR) is 66.0 cm³/mol. The number of hydrogen-bond acceptors (Lipinski definition) is 3. The Bertz CT molecular complexity index is 504. The zero-order valence-electron chi connectivity index (χ0n) is 9.91. The molecule has 0 spiro atoms. The third-order valence-corrected chi connectivity index (χ3v) is 2.93. The van der Waals surface area contributed by atoms with E-state index in [0.717, 1.165) is 12.5 Å². The number of halogens is 2. The zero-order chi connectivity index (χ0) is 13.8. The number of ether oxygens (including phenoxy) is 1. The second kappa shape index (κ2) is 5.99. The molecular weight excluding hydrogens is 275 g/mol. The average Bonchev–Trinajstić information content (AvgIpc) is 2.92. The quantitative estimate of drug-likeness (QED) is 0.808. The Morgan fingerprint density at radius 3 is 2.84 bits per heavy atom. The fraction of sp³-hybridized carbons (Fsp3) is 0.333. The summed E-state index contributed by atoms with van der Waals surface area (Å²) in [6.07, 6.45) is 0.840. The molecule has 2 rings (SSSR count). The van der Waals surface area contributed by atoms with Crippen molar-refractivity contribution in [3.8, 4) is 0 Å². The highest BCUT2D eigenvalue weighted by Crippen LogP contribution is 2.14. The average molecular weight is 287 g/mol. The molecule has 5 nitrogen and oxygen atoms in total. The van der Waals surface area contributed by atoms with E-state index in [4.69, 9.17) is 16.3 Å². The first-order valence-electron chi connectivity index (χ1n) is 5.75. The van der Waals surface area contributed by atoms with Crippen molar-refractivity contribution in [2.45, 2.75) is 18.9 Å². The molecule has 1 fully saturated rings. The molecule has 0 radical (unpaired) electrons. The Kier molecular flexibility index (Phi) is 4.34. The van der Waals surface area contributed by atoms with E-state index in [0.29, 0.717) is 13.0 Å². The molecule has 1 saturated heterocycles. The zero-order valence-corrected chi connectivity index (χ0v) is 10.7. The van der Waals surface area contributed by atoms with Gasteiger partial charge >= 0.3 is 0 Å². The van der Waals surface area contributed by atoms with Crippen molar-refractivity contribution in [3.05, 3.63) is 34.6 Å². The minimum atomic E-state index is -0.772. The third-order valence-electron chi connectivity index (χ3n) is 2.69. The van der Waals surface area contributed by atoms with Crippen LogP contribution in [0.5, 0.6) is 0 Å². The summed E-state index contributed by atoms with van der Waals surface area (Å²) in [6.45, 7) is 0.523. The summed E-state index contributed by atoms with van der Waals surface area (Å²) >= 11 is 5.67. The van der Waals surface area contributed by atoms with Crippen LogP contribution >= 0.6 is 11.6 Å². The van der Waals surface area contributed by atoms with Gasteiger partial charge in [0.25, 0.3) is 11.8 Å². The molecule has 102 valence electrons. The molecule has 0 aromatic heterocycles. The van der Waals surface area contributed by atoms with Crippen LogP contribution in [-0.4, -0.2) is 24.5 Å². The van der Waals surface area contributed by atoms with Gasteiger partial charge in [0, 0.05) is 11.6 Å². The van der Waals surface area contributed by atoms with Crippen LogP contribution in [0.4, 0.5) is 4.39 Å². The molecule has 1 unspecified atom stereocenters. The van der Waals surface area contributed by atoms with Gasteiger partial charge in [-0.05, 0) is 31.0 Å². The SMILES string of the molecule is O=C(NNC(=O)C1CCCO1)c1cc(Cl)ccc1F. The number of nitrogens with one attached hydrogen (secondary N) is 2. The van der Waals surface area contributed by atoms with Gasteiger partial charge < -0.3 is 4.74 Å². The fourth-order valence-corrected chi connectivity index (χ4v) is 1.89. The second-order valence-corrected chi connectivity index (χ2v) is 4.51. The second-order valence-electron chi connectivity index (χ2n) is 4.07. The molecule has 0 aliphatic carbocycles. The lowest BCUT2D eigenvalue weighted by Gasteiger charge is -2.11. The molecule has 2 N–H and O–H groups in total. The van der Waals surface area contributed by atoms with Gasteiger partial charge in [0.1, 0.15) is 11.9 Å². The van der Waals surface area contributed by atoms with E-state index in [1.807, 2.05) is 0 Å². The highest BCUT2D eigenvalue weighted by atomic mass is 35.5. The van der Waals surface area contributed by atoms with Crippen LogP contribution in [0, 0.1) is 5.82 Å². The van der Waals surface area contributed by atoms with Crippen LogP contribution in [0.3, 0.4) is 0 Å². The number of benzene rings is 1. The van der Waals surface area contributed by atoms with Crippen molar-refractivity contribution in [1.29, 1.82) is 0 Å². The van der Waals surface area contributed by atoms with Crippen molar-refractivity contribution in [2.75, 3.05) is 6.61 Å². The Balaban J connectivity index is 1.93. The van der Waals surface area contributed by atoms with Gasteiger partial charge in [0.15, 0.2) is 0 Å². The van der Waals surface area contributed by atoms with E-state index in [1.54, 1.807) is 0 Å². The number of rotatable bonds is 2. The predicted octanol–water partition coefficient (Wildman–Crippen LogP) is 1.42. The van der Waals surface area contributed by atoms with E-state index in [9.17, 15) is 14.0 Å². The smallest absolute Gasteiger partial charge is 0.272 e. The maximum absolute atomic E-state index is 13.4. The molecule has 7 heteroatoms. The summed E-state index contributed by atoms with van der Waals surface area (Å²) in [7, 11) is 0. The van der Waals surface area contributed by atoms with Crippen LogP contribution < -0.4 is 10.9 Å². The maximum atomic E-state index is 13.4. The first-order valence-corrected chi connectivity index (χ1v) is 6.12. The minimum absolute atomic E-state index is 0.233. The summed E-state index contributed by atoms with van der Waals surface area (Å²) in [4.78, 5) is 23.2. The standard InChI is InChI=1S/C12H12ClFN2O3/c13-7-3-4-9(14)8(6-7)11(17)15-16-12(18)10-2-1-5-19-10/h3-4,6,10H,1-2,5H2,(H,15,17)(H,16,18). The topological polar surface area (TPSA) is 67.4 Å². The van der Waals surface area contributed by atoms with E-state index in [1.165, 1.54) is 12.1 Å². The lowest BCUT2D eigenvalue weighted by atomic mass is 10.2. The van der Waals surface area contributed by atoms with Crippen LogP contribution in [0.2, 0.25) is 5.02 Å². The molecule has 1 aliphatic heterocycles. The van der Waals surface area contributed by atoms with Gasteiger partial charge in [-0.15, -0.1) is 0 Å². The van der Waals surface area contributed by atoms with Crippen molar-refractivity contribution < 1.29 is 18.7 Å². The molecule has 1 aromatic rings. The van der Waals surface area contributed by atoms with Gasteiger partial charge in [-0.3, -0.25) is 20.4 Å². The molecule has 1 aromatic carbocycles. The highest BCUT2D eigenvalue weighted by molar-refractivity contribution is 6.31. The van der Waals surface area contributed by atoms with Crippen LogP contribution in [0.15, 0.2) is 18.2 Å². The van der Waals surface area contributed by atoms with Crippen molar-refractivity contribution in [1.82, 2.24) is 10.9 Å². The number of hydrogen-bond donors (Lipinski definition) is 2. The number of amides is 2. The molecule has 2 amide bonds. The molecule has 1 aliphatic rings. The maximum Gasteiger partial charge on any atom is 0.272 e. The summed E-state index contributed by atoms with van der Waals surface area (Å²) in [5.41, 5.74) is 4.09. The number of hydrazine groups is 1. The minimum Gasteiger partial charge on any atom is -0.368 e. The Hall–Kier alpha value is -1.66. The molecular formula is C12H12ClFN2O3. The fourth-order valence-electron chi connectivity index (χ4n) is 1.72. The van der Waals surface area contributed by atoms with E-state index < -0.39 is 23.7 Å². The van der Waals surface area contributed by atoms with Crippen LogP contribution in [0.1, 0.15) is 23.2 Å². The molecule has 1 atom stereocenters.